The predicted molar refractivity (Wildman–Crippen MR) is 144 cm³/mol. The zero-order valence-corrected chi connectivity index (χ0v) is 19.8. The van der Waals surface area contributed by atoms with Crippen molar-refractivity contribution in [2.45, 2.75) is 31.7 Å². The van der Waals surface area contributed by atoms with Crippen LogP contribution in [0.5, 0.6) is 5.75 Å². The number of nitrogens with zero attached hydrogens (tertiary/aromatic N) is 2. The molecule has 35 heavy (non-hydrogen) atoms. The van der Waals surface area contributed by atoms with Crippen molar-refractivity contribution in [3.63, 3.8) is 0 Å². The number of aromatic nitrogens is 2. The lowest BCUT2D eigenvalue weighted by molar-refractivity contribution is 0.271. The number of hydrogen-bond donors (Lipinski definition) is 1. The summed E-state index contributed by atoms with van der Waals surface area (Å²) in [5, 5.41) is 5.81. The second-order valence-electron chi connectivity index (χ2n) is 9.26. The van der Waals surface area contributed by atoms with Crippen molar-refractivity contribution in [3.05, 3.63) is 91.3 Å². The molecule has 3 heterocycles. The summed E-state index contributed by atoms with van der Waals surface area (Å²) in [6.45, 7) is 1.79. The van der Waals surface area contributed by atoms with Crippen LogP contribution in [0.15, 0.2) is 91.3 Å². The van der Waals surface area contributed by atoms with Crippen LogP contribution < -0.4 is 10.1 Å². The summed E-state index contributed by atoms with van der Waals surface area (Å²) in [7, 11) is 0. The Hall–Kier alpha value is -3.76. The average Bonchev–Trinajstić information content (AvgIpc) is 2.93. The second-order valence-corrected chi connectivity index (χ2v) is 9.26. The van der Waals surface area contributed by atoms with Crippen molar-refractivity contribution in [1.29, 1.82) is 0 Å². The van der Waals surface area contributed by atoms with E-state index in [1.165, 1.54) is 19.3 Å². The van der Waals surface area contributed by atoms with Crippen LogP contribution in [0.1, 0.15) is 25.7 Å². The van der Waals surface area contributed by atoms with E-state index < -0.39 is 0 Å². The first-order valence-electron chi connectivity index (χ1n) is 12.6. The highest BCUT2D eigenvalue weighted by molar-refractivity contribution is 5.99. The molecule has 1 aliphatic heterocycles. The second kappa shape index (κ2) is 9.85. The number of piperidine rings is 1. The van der Waals surface area contributed by atoms with Crippen molar-refractivity contribution >= 4 is 21.8 Å². The molecule has 1 atom stereocenters. The maximum absolute atomic E-state index is 6.59. The standard InChI is InChI=1S/C31H29N3O/c1-2-8-22(9-3-1)28-21-34-29-15-14-24(26-13-6-10-23-11-7-18-33-30(23)26)20-27(29)31(28)35-19-16-25-12-4-5-17-32-25/h1-3,6-11,13-15,18,20-21,25,32H,4-5,12,16-17,19H2. The van der Waals surface area contributed by atoms with Crippen LogP contribution in [0.4, 0.5) is 0 Å². The fraction of sp³-hybridized carbons (Fsp3) is 0.226. The number of rotatable bonds is 6. The molecule has 174 valence electrons. The van der Waals surface area contributed by atoms with Crippen LogP contribution in [0, 0.1) is 0 Å². The largest absolute Gasteiger partial charge is 0.492 e. The average molecular weight is 460 g/mol. The molecule has 0 bridgehead atoms. The molecule has 1 unspecified atom stereocenters. The summed E-state index contributed by atoms with van der Waals surface area (Å²) < 4.78 is 6.59. The summed E-state index contributed by atoms with van der Waals surface area (Å²) in [4.78, 5) is 9.48. The van der Waals surface area contributed by atoms with Crippen LogP contribution in [0.2, 0.25) is 0 Å². The van der Waals surface area contributed by atoms with Crippen LogP contribution in [-0.2, 0) is 0 Å². The Morgan fingerprint density at radius 3 is 2.63 bits per heavy atom. The van der Waals surface area contributed by atoms with Gasteiger partial charge in [-0.3, -0.25) is 9.97 Å². The number of para-hydroxylation sites is 1. The molecule has 0 saturated carbocycles. The molecule has 2 aromatic heterocycles. The van der Waals surface area contributed by atoms with Gasteiger partial charge in [-0.2, -0.15) is 0 Å². The van der Waals surface area contributed by atoms with E-state index in [1.54, 1.807) is 0 Å². The van der Waals surface area contributed by atoms with Gasteiger partial charge in [-0.1, -0.05) is 67.1 Å². The van der Waals surface area contributed by atoms with E-state index in [9.17, 15) is 0 Å². The highest BCUT2D eigenvalue weighted by Gasteiger charge is 2.17. The summed E-state index contributed by atoms with van der Waals surface area (Å²) in [5.74, 6) is 0.909. The lowest BCUT2D eigenvalue weighted by Gasteiger charge is -2.24. The summed E-state index contributed by atoms with van der Waals surface area (Å²) in [6, 6.07) is 27.8. The molecular weight excluding hydrogens is 430 g/mol. The van der Waals surface area contributed by atoms with Crippen molar-refractivity contribution in [1.82, 2.24) is 15.3 Å². The van der Waals surface area contributed by atoms with Gasteiger partial charge in [0.05, 0.1) is 17.6 Å². The number of ether oxygens (including phenoxy) is 1. The van der Waals surface area contributed by atoms with E-state index in [4.69, 9.17) is 9.72 Å². The molecular formula is C31H29N3O. The predicted octanol–water partition coefficient (Wildman–Crippen LogP) is 7.03. The zero-order valence-electron chi connectivity index (χ0n) is 19.8. The van der Waals surface area contributed by atoms with Crippen LogP contribution in [0.25, 0.3) is 44.1 Å². The number of pyridine rings is 2. The fourth-order valence-electron chi connectivity index (χ4n) is 5.13. The van der Waals surface area contributed by atoms with Gasteiger partial charge in [0.25, 0.3) is 0 Å². The first kappa shape index (κ1) is 21.8. The third-order valence-corrected chi connectivity index (χ3v) is 6.97. The van der Waals surface area contributed by atoms with Crippen LogP contribution in [-0.4, -0.2) is 29.2 Å². The molecule has 1 N–H and O–H groups in total. The smallest absolute Gasteiger partial charge is 0.138 e. The Labute approximate surface area is 206 Å². The van der Waals surface area contributed by atoms with Gasteiger partial charge >= 0.3 is 0 Å². The monoisotopic (exact) mass is 459 g/mol. The van der Waals surface area contributed by atoms with E-state index in [0.717, 1.165) is 62.8 Å². The molecule has 1 saturated heterocycles. The summed E-state index contributed by atoms with van der Waals surface area (Å²) in [6.07, 6.45) is 8.61. The Bertz CT molecular complexity index is 1450. The van der Waals surface area contributed by atoms with Crippen molar-refractivity contribution in [3.8, 4) is 28.0 Å². The molecule has 4 nitrogen and oxygen atoms in total. The number of benzene rings is 3. The minimum atomic E-state index is 0.536. The van der Waals surface area contributed by atoms with Crippen LogP contribution >= 0.6 is 0 Å². The molecule has 6 rings (SSSR count). The van der Waals surface area contributed by atoms with Gasteiger partial charge in [-0.05, 0) is 55.1 Å². The van der Waals surface area contributed by atoms with Gasteiger partial charge in [0.2, 0.25) is 0 Å². The minimum absolute atomic E-state index is 0.536. The normalized spacial score (nSPS) is 15.9. The molecule has 0 amide bonds. The Morgan fingerprint density at radius 2 is 1.74 bits per heavy atom. The molecule has 1 fully saturated rings. The van der Waals surface area contributed by atoms with E-state index in [-0.39, 0.29) is 0 Å². The van der Waals surface area contributed by atoms with Crippen molar-refractivity contribution in [2.24, 2.45) is 0 Å². The first-order chi connectivity index (χ1) is 17.4. The van der Waals surface area contributed by atoms with E-state index in [1.807, 2.05) is 24.5 Å². The zero-order chi connectivity index (χ0) is 23.5. The molecule has 5 aromatic rings. The van der Waals surface area contributed by atoms with Crippen molar-refractivity contribution < 1.29 is 4.74 Å². The third-order valence-electron chi connectivity index (χ3n) is 6.97. The highest BCUT2D eigenvalue weighted by Crippen LogP contribution is 2.38. The van der Waals surface area contributed by atoms with Gasteiger partial charge < -0.3 is 10.1 Å². The third kappa shape index (κ3) is 4.50. The molecule has 4 heteroatoms. The molecule has 1 aliphatic rings. The maximum atomic E-state index is 6.59. The van der Waals surface area contributed by atoms with Gasteiger partial charge in [0, 0.05) is 40.3 Å². The Morgan fingerprint density at radius 1 is 0.829 bits per heavy atom. The lowest BCUT2D eigenvalue weighted by atomic mass is 9.98. The highest BCUT2D eigenvalue weighted by atomic mass is 16.5. The van der Waals surface area contributed by atoms with Crippen molar-refractivity contribution in [2.75, 3.05) is 13.2 Å². The lowest BCUT2D eigenvalue weighted by Crippen LogP contribution is -2.35. The molecule has 3 aromatic carbocycles. The number of fused-ring (bicyclic) bond motifs is 2. The SMILES string of the molecule is c1ccc(-c2cnc3ccc(-c4cccc5cccnc45)cc3c2OCCC2CCCCN2)cc1. The molecule has 0 spiro atoms. The number of nitrogens with one attached hydrogen (secondary N) is 1. The van der Waals surface area contributed by atoms with Gasteiger partial charge in [0.15, 0.2) is 0 Å². The van der Waals surface area contributed by atoms with Crippen LogP contribution in [0.3, 0.4) is 0 Å². The summed E-state index contributed by atoms with van der Waals surface area (Å²) in [5.41, 5.74) is 6.33. The van der Waals surface area contributed by atoms with E-state index in [0.29, 0.717) is 12.6 Å². The molecule has 0 radical (unpaired) electrons. The van der Waals surface area contributed by atoms with E-state index in [2.05, 4.69) is 77.0 Å². The van der Waals surface area contributed by atoms with Gasteiger partial charge in [0.1, 0.15) is 5.75 Å². The van der Waals surface area contributed by atoms with Gasteiger partial charge in [-0.15, -0.1) is 0 Å². The Kier molecular flexibility index (Phi) is 6.12. The van der Waals surface area contributed by atoms with Gasteiger partial charge in [-0.25, -0.2) is 0 Å². The Balaban J connectivity index is 1.44. The quantitative estimate of drug-likeness (QED) is 0.296. The topological polar surface area (TPSA) is 47.0 Å². The number of hydrogen-bond acceptors (Lipinski definition) is 4. The first-order valence-corrected chi connectivity index (χ1v) is 12.6. The molecule has 0 aliphatic carbocycles. The maximum Gasteiger partial charge on any atom is 0.138 e. The summed E-state index contributed by atoms with van der Waals surface area (Å²) >= 11 is 0. The van der Waals surface area contributed by atoms with E-state index >= 15 is 0 Å². The fourth-order valence-corrected chi connectivity index (χ4v) is 5.13. The minimum Gasteiger partial charge on any atom is -0.492 e.